The highest BCUT2D eigenvalue weighted by Crippen LogP contribution is 2.46. The molecule has 2 aromatic carbocycles. The SMILES string of the molecule is O=C1CCCC2=C1C(c1ccc(OS(=O)(=O)c3ccccc3)c(Cl)c1)C1=C(CCCC1=O)N2. The van der Waals surface area contributed by atoms with E-state index in [0.29, 0.717) is 29.6 Å². The van der Waals surface area contributed by atoms with Gasteiger partial charge in [0.25, 0.3) is 0 Å². The van der Waals surface area contributed by atoms with Crippen LogP contribution in [0.3, 0.4) is 0 Å². The fourth-order valence-corrected chi connectivity index (χ4v) is 6.08. The molecule has 0 unspecified atom stereocenters. The highest BCUT2D eigenvalue weighted by Gasteiger charge is 2.40. The van der Waals surface area contributed by atoms with Gasteiger partial charge in [0.15, 0.2) is 17.3 Å². The average molecular weight is 484 g/mol. The van der Waals surface area contributed by atoms with E-state index in [1.54, 1.807) is 30.3 Å². The molecular weight excluding hydrogens is 462 g/mol. The summed E-state index contributed by atoms with van der Waals surface area (Å²) >= 11 is 6.46. The zero-order valence-electron chi connectivity index (χ0n) is 17.8. The van der Waals surface area contributed by atoms with Crippen molar-refractivity contribution in [3.63, 3.8) is 0 Å². The second-order valence-electron chi connectivity index (χ2n) is 8.44. The lowest BCUT2D eigenvalue weighted by Crippen LogP contribution is -2.36. The van der Waals surface area contributed by atoms with Crippen molar-refractivity contribution in [2.45, 2.75) is 49.3 Å². The standard InChI is InChI=1S/C25H22ClNO5S/c26-17-14-15(12-13-22(17)32-33(30,31)16-6-2-1-3-7-16)23-24-18(8-4-10-20(24)28)27-19-9-5-11-21(29)25(19)23/h1-3,6-7,12-14,23,27H,4-5,8-11H2. The van der Waals surface area contributed by atoms with Gasteiger partial charge >= 0.3 is 10.1 Å². The Bertz CT molecular complexity index is 1290. The van der Waals surface area contributed by atoms with E-state index in [9.17, 15) is 18.0 Å². The molecule has 6 nitrogen and oxygen atoms in total. The average Bonchev–Trinajstić information content (AvgIpc) is 2.80. The molecule has 2 aromatic rings. The predicted octanol–water partition coefficient (Wildman–Crippen LogP) is 4.81. The third-order valence-corrected chi connectivity index (χ3v) is 7.86. The number of Topliss-reactive ketones (excluding diaryl/α,β-unsaturated/α-hetero) is 2. The molecule has 8 heteroatoms. The largest absolute Gasteiger partial charge is 0.377 e. The second kappa shape index (κ2) is 8.47. The van der Waals surface area contributed by atoms with Gasteiger partial charge in [0.2, 0.25) is 0 Å². The van der Waals surface area contributed by atoms with Crippen LogP contribution in [0.2, 0.25) is 5.02 Å². The van der Waals surface area contributed by atoms with E-state index in [-0.39, 0.29) is 27.2 Å². The first-order valence-corrected chi connectivity index (χ1v) is 12.7. The normalized spacial score (nSPS) is 19.2. The van der Waals surface area contributed by atoms with E-state index in [1.165, 1.54) is 18.2 Å². The Labute approximate surface area is 197 Å². The highest BCUT2D eigenvalue weighted by atomic mass is 35.5. The Morgan fingerprint density at radius 1 is 0.848 bits per heavy atom. The number of rotatable bonds is 4. The van der Waals surface area contributed by atoms with Crippen LogP contribution in [-0.2, 0) is 19.7 Å². The van der Waals surface area contributed by atoms with Gasteiger partial charge in [-0.15, -0.1) is 0 Å². The Hall–Kier alpha value is -2.90. The van der Waals surface area contributed by atoms with Gasteiger partial charge in [0, 0.05) is 41.3 Å². The Balaban J connectivity index is 1.55. The number of hydrogen-bond acceptors (Lipinski definition) is 6. The number of dihydropyridines is 1. The van der Waals surface area contributed by atoms with Gasteiger partial charge in [-0.2, -0.15) is 8.42 Å². The number of carbonyl (C=O) groups is 2. The maximum atomic E-state index is 12.9. The summed E-state index contributed by atoms with van der Waals surface area (Å²) < 4.78 is 30.5. The first kappa shape index (κ1) is 21.9. The second-order valence-corrected chi connectivity index (χ2v) is 10.4. The summed E-state index contributed by atoms with van der Waals surface area (Å²) in [6, 6.07) is 12.6. The van der Waals surface area contributed by atoms with Crippen LogP contribution in [0.4, 0.5) is 0 Å². The van der Waals surface area contributed by atoms with Crippen LogP contribution < -0.4 is 9.50 Å². The molecule has 3 aliphatic rings. The summed E-state index contributed by atoms with van der Waals surface area (Å²) in [5.74, 6) is -0.454. The molecule has 0 fully saturated rings. The summed E-state index contributed by atoms with van der Waals surface area (Å²) in [6.45, 7) is 0. The van der Waals surface area contributed by atoms with Crippen molar-refractivity contribution in [3.8, 4) is 5.75 Å². The number of hydrogen-bond donors (Lipinski definition) is 1. The quantitative estimate of drug-likeness (QED) is 0.628. The van der Waals surface area contributed by atoms with E-state index < -0.39 is 16.0 Å². The van der Waals surface area contributed by atoms with Crippen LogP contribution in [0.1, 0.15) is 50.0 Å². The van der Waals surface area contributed by atoms with Gasteiger partial charge < -0.3 is 9.50 Å². The topological polar surface area (TPSA) is 89.5 Å². The molecule has 0 spiro atoms. The van der Waals surface area contributed by atoms with Crippen LogP contribution >= 0.6 is 11.6 Å². The molecule has 0 saturated carbocycles. The zero-order chi connectivity index (χ0) is 23.2. The highest BCUT2D eigenvalue weighted by molar-refractivity contribution is 7.87. The fraction of sp³-hybridized carbons (Fsp3) is 0.280. The monoisotopic (exact) mass is 483 g/mol. The summed E-state index contributed by atoms with van der Waals surface area (Å²) in [6.07, 6.45) is 3.95. The van der Waals surface area contributed by atoms with Crippen LogP contribution in [0.15, 0.2) is 76.0 Å². The van der Waals surface area contributed by atoms with Crippen molar-refractivity contribution in [3.05, 3.63) is 81.7 Å². The lowest BCUT2D eigenvalue weighted by molar-refractivity contribution is -0.116. The molecule has 5 rings (SSSR count). The van der Waals surface area contributed by atoms with E-state index in [1.807, 2.05) is 0 Å². The molecule has 0 bridgehead atoms. The summed E-state index contributed by atoms with van der Waals surface area (Å²) in [7, 11) is -4.05. The van der Waals surface area contributed by atoms with Crippen molar-refractivity contribution in [2.75, 3.05) is 0 Å². The minimum atomic E-state index is -4.05. The Morgan fingerprint density at radius 2 is 1.45 bits per heavy atom. The smallest absolute Gasteiger partial charge is 0.339 e. The summed E-state index contributed by atoms with van der Waals surface area (Å²) in [5.41, 5.74) is 3.69. The number of carbonyl (C=O) groups excluding carboxylic acids is 2. The van der Waals surface area contributed by atoms with Gasteiger partial charge in [-0.1, -0.05) is 35.9 Å². The molecule has 170 valence electrons. The minimum Gasteiger partial charge on any atom is -0.377 e. The van der Waals surface area contributed by atoms with Crippen molar-refractivity contribution >= 4 is 33.3 Å². The molecule has 0 amide bonds. The molecule has 33 heavy (non-hydrogen) atoms. The Kier molecular flexibility index (Phi) is 5.62. The zero-order valence-corrected chi connectivity index (χ0v) is 19.3. The first-order valence-electron chi connectivity index (χ1n) is 10.9. The first-order chi connectivity index (χ1) is 15.8. The van der Waals surface area contributed by atoms with Gasteiger partial charge in [-0.25, -0.2) is 0 Å². The lowest BCUT2D eigenvalue weighted by atomic mass is 9.71. The molecule has 0 aromatic heterocycles. The van der Waals surface area contributed by atoms with Crippen molar-refractivity contribution in [1.29, 1.82) is 0 Å². The van der Waals surface area contributed by atoms with E-state index in [4.69, 9.17) is 15.8 Å². The minimum absolute atomic E-state index is 0.00782. The molecule has 1 N–H and O–H groups in total. The maximum absolute atomic E-state index is 12.9. The number of benzene rings is 2. The van der Waals surface area contributed by atoms with Crippen LogP contribution in [0.5, 0.6) is 5.75 Å². The number of allylic oxidation sites excluding steroid dienone is 4. The number of nitrogens with one attached hydrogen (secondary N) is 1. The molecule has 1 heterocycles. The third-order valence-electron chi connectivity index (χ3n) is 6.31. The van der Waals surface area contributed by atoms with Crippen LogP contribution in [0, 0.1) is 0 Å². The van der Waals surface area contributed by atoms with Gasteiger partial charge in [-0.05, 0) is 55.5 Å². The van der Waals surface area contributed by atoms with Gasteiger partial charge in [0.05, 0.1) is 5.02 Å². The van der Waals surface area contributed by atoms with Crippen LogP contribution in [-0.4, -0.2) is 20.0 Å². The number of halogens is 1. The summed E-state index contributed by atoms with van der Waals surface area (Å²) in [5, 5.41) is 3.47. The predicted molar refractivity (Wildman–Crippen MR) is 123 cm³/mol. The van der Waals surface area contributed by atoms with Crippen molar-refractivity contribution in [2.24, 2.45) is 0 Å². The van der Waals surface area contributed by atoms with E-state index >= 15 is 0 Å². The molecule has 0 atom stereocenters. The molecular formula is C25H22ClNO5S. The molecule has 0 radical (unpaired) electrons. The van der Waals surface area contributed by atoms with Crippen molar-refractivity contribution in [1.82, 2.24) is 5.32 Å². The fourth-order valence-electron chi connectivity index (χ4n) is 4.83. The molecule has 0 saturated heterocycles. The maximum Gasteiger partial charge on any atom is 0.339 e. The lowest BCUT2D eigenvalue weighted by Gasteiger charge is -2.37. The van der Waals surface area contributed by atoms with E-state index in [0.717, 1.165) is 37.1 Å². The third kappa shape index (κ3) is 4.00. The van der Waals surface area contributed by atoms with Gasteiger partial charge in [-0.3, -0.25) is 9.59 Å². The Morgan fingerprint density at radius 3 is 2.03 bits per heavy atom. The number of ketones is 2. The van der Waals surface area contributed by atoms with Gasteiger partial charge in [0.1, 0.15) is 4.90 Å². The van der Waals surface area contributed by atoms with Crippen LogP contribution in [0.25, 0.3) is 0 Å². The molecule has 2 aliphatic carbocycles. The van der Waals surface area contributed by atoms with Crippen molar-refractivity contribution < 1.29 is 22.2 Å². The van der Waals surface area contributed by atoms with E-state index in [2.05, 4.69) is 5.32 Å². The summed E-state index contributed by atoms with van der Waals surface area (Å²) in [4.78, 5) is 25.9. The molecule has 1 aliphatic heterocycles.